The maximum absolute atomic E-state index is 12.3. The molecule has 2 aromatic carbocycles. The molecule has 4 rings (SSSR count). The lowest BCUT2D eigenvalue weighted by Gasteiger charge is -2.08. The van der Waals surface area contributed by atoms with Crippen molar-refractivity contribution in [1.29, 1.82) is 0 Å². The fraction of sp³-hybridized carbons (Fsp3) is 0.158. The first kappa shape index (κ1) is 15.3. The third kappa shape index (κ3) is 3.06. The molecule has 6 heteroatoms. The summed E-state index contributed by atoms with van der Waals surface area (Å²) < 4.78 is 5.53. The number of rotatable bonds is 5. The van der Waals surface area contributed by atoms with E-state index in [0.717, 1.165) is 33.2 Å². The van der Waals surface area contributed by atoms with Crippen LogP contribution in [0.15, 0.2) is 53.5 Å². The highest BCUT2D eigenvalue weighted by atomic mass is 16.5. The minimum absolute atomic E-state index is 0.0893. The van der Waals surface area contributed by atoms with Crippen LogP contribution in [0.5, 0.6) is 5.75 Å². The number of aromatic nitrogens is 3. The molecule has 2 aromatic heterocycles. The first-order valence-electron chi connectivity index (χ1n) is 8.19. The highest BCUT2D eigenvalue weighted by Crippen LogP contribution is 2.20. The normalized spacial score (nSPS) is 11.1. The molecule has 0 unspecified atom stereocenters. The van der Waals surface area contributed by atoms with Gasteiger partial charge in [0, 0.05) is 34.1 Å². The zero-order chi connectivity index (χ0) is 17.2. The van der Waals surface area contributed by atoms with Crippen LogP contribution in [0.25, 0.3) is 21.8 Å². The Morgan fingerprint density at radius 2 is 1.96 bits per heavy atom. The number of hydrogen-bond acceptors (Lipinski definition) is 4. The Morgan fingerprint density at radius 3 is 2.84 bits per heavy atom. The van der Waals surface area contributed by atoms with Crippen molar-refractivity contribution in [2.75, 3.05) is 11.9 Å². The first-order chi connectivity index (χ1) is 12.2. The summed E-state index contributed by atoms with van der Waals surface area (Å²) >= 11 is 0. The summed E-state index contributed by atoms with van der Waals surface area (Å²) in [5.41, 5.74) is 3.31. The predicted octanol–water partition coefficient (Wildman–Crippen LogP) is 3.42. The lowest BCUT2D eigenvalue weighted by atomic mass is 10.1. The molecule has 3 N–H and O–H groups in total. The minimum atomic E-state index is -0.0893. The summed E-state index contributed by atoms with van der Waals surface area (Å²) in [6.07, 6.45) is 1.78. The first-order valence-corrected chi connectivity index (χ1v) is 8.19. The molecule has 4 aromatic rings. The number of ether oxygens (including phenoxy) is 1. The largest absolute Gasteiger partial charge is 0.494 e. The summed E-state index contributed by atoms with van der Waals surface area (Å²) in [6, 6.07) is 13.5. The van der Waals surface area contributed by atoms with Gasteiger partial charge in [0.25, 0.3) is 5.56 Å². The van der Waals surface area contributed by atoms with E-state index in [0.29, 0.717) is 18.7 Å². The lowest BCUT2D eigenvalue weighted by molar-refractivity contribution is 0.340. The summed E-state index contributed by atoms with van der Waals surface area (Å²) in [4.78, 5) is 15.2. The van der Waals surface area contributed by atoms with Gasteiger partial charge in [0.2, 0.25) is 0 Å². The Kier molecular flexibility index (Phi) is 3.85. The number of benzene rings is 2. The van der Waals surface area contributed by atoms with E-state index < -0.39 is 0 Å². The van der Waals surface area contributed by atoms with Gasteiger partial charge in [-0.3, -0.25) is 9.89 Å². The number of hydrogen-bond donors (Lipinski definition) is 3. The Hall–Kier alpha value is -3.28. The zero-order valence-corrected chi connectivity index (χ0v) is 13.8. The van der Waals surface area contributed by atoms with Gasteiger partial charge < -0.3 is 15.0 Å². The van der Waals surface area contributed by atoms with E-state index in [4.69, 9.17) is 4.74 Å². The predicted molar refractivity (Wildman–Crippen MR) is 99.2 cm³/mol. The van der Waals surface area contributed by atoms with Crippen molar-refractivity contribution >= 4 is 27.5 Å². The number of anilines is 1. The number of nitrogens with zero attached hydrogens (tertiary/aromatic N) is 1. The molecule has 25 heavy (non-hydrogen) atoms. The van der Waals surface area contributed by atoms with Crippen LogP contribution < -0.4 is 15.6 Å². The number of nitrogens with one attached hydrogen (secondary N) is 3. The van der Waals surface area contributed by atoms with Gasteiger partial charge in [0.15, 0.2) is 0 Å². The maximum Gasteiger partial charge on any atom is 0.253 e. The Balaban J connectivity index is 1.61. The van der Waals surface area contributed by atoms with Gasteiger partial charge >= 0.3 is 0 Å². The van der Waals surface area contributed by atoms with Gasteiger partial charge in [-0.25, -0.2) is 0 Å². The Bertz CT molecular complexity index is 1100. The van der Waals surface area contributed by atoms with E-state index in [1.807, 2.05) is 49.4 Å². The molecule has 0 radical (unpaired) electrons. The molecule has 126 valence electrons. The average molecular weight is 334 g/mol. The van der Waals surface area contributed by atoms with E-state index in [9.17, 15) is 4.79 Å². The van der Waals surface area contributed by atoms with Crippen LogP contribution in [0.1, 0.15) is 12.5 Å². The number of aromatic amines is 2. The molecule has 0 aliphatic rings. The summed E-state index contributed by atoms with van der Waals surface area (Å²) in [5.74, 6) is 0.798. The lowest BCUT2D eigenvalue weighted by Crippen LogP contribution is -2.15. The standard InChI is InChI=1S/C19H18N4O2/c1-2-25-16-4-6-17-12(9-16)7-14(19(24)22-17)10-20-15-3-5-18-13(8-15)11-21-23-18/h3-9,11,20H,2,10H2,1H3,(H,21,23)(H,22,24). The van der Waals surface area contributed by atoms with E-state index in [2.05, 4.69) is 20.5 Å². The highest BCUT2D eigenvalue weighted by Gasteiger charge is 2.05. The molecule has 2 heterocycles. The molecular formula is C19H18N4O2. The SMILES string of the molecule is CCOc1ccc2[nH]c(=O)c(CNc3ccc4[nH]ncc4c3)cc2c1. The number of pyridine rings is 1. The van der Waals surface area contributed by atoms with E-state index >= 15 is 0 Å². The fourth-order valence-electron chi connectivity index (χ4n) is 2.87. The van der Waals surface area contributed by atoms with Gasteiger partial charge in [0.1, 0.15) is 5.75 Å². The average Bonchev–Trinajstić information content (AvgIpc) is 3.08. The molecule has 0 amide bonds. The van der Waals surface area contributed by atoms with Crippen LogP contribution in [0.2, 0.25) is 0 Å². The fourth-order valence-corrected chi connectivity index (χ4v) is 2.87. The van der Waals surface area contributed by atoms with Crippen molar-refractivity contribution in [3.63, 3.8) is 0 Å². The summed E-state index contributed by atoms with van der Waals surface area (Å²) in [7, 11) is 0. The van der Waals surface area contributed by atoms with E-state index in [1.165, 1.54) is 0 Å². The van der Waals surface area contributed by atoms with Crippen LogP contribution in [0.3, 0.4) is 0 Å². The second-order valence-corrected chi connectivity index (χ2v) is 5.83. The van der Waals surface area contributed by atoms with Crippen LogP contribution in [0, 0.1) is 0 Å². The summed E-state index contributed by atoms with van der Waals surface area (Å²) in [5, 5.41) is 12.2. The Morgan fingerprint density at radius 1 is 1.08 bits per heavy atom. The van der Waals surface area contributed by atoms with Crippen LogP contribution in [0.4, 0.5) is 5.69 Å². The highest BCUT2D eigenvalue weighted by molar-refractivity contribution is 5.82. The minimum Gasteiger partial charge on any atom is -0.494 e. The number of H-pyrrole nitrogens is 2. The maximum atomic E-state index is 12.3. The van der Waals surface area contributed by atoms with Gasteiger partial charge in [-0.05, 0) is 49.4 Å². The third-order valence-corrected chi connectivity index (χ3v) is 4.13. The molecule has 0 spiro atoms. The summed E-state index contributed by atoms with van der Waals surface area (Å²) in [6.45, 7) is 3.00. The molecular weight excluding hydrogens is 316 g/mol. The van der Waals surface area contributed by atoms with Crippen LogP contribution in [-0.2, 0) is 6.54 Å². The molecule has 0 aliphatic heterocycles. The van der Waals surface area contributed by atoms with Crippen molar-refractivity contribution in [1.82, 2.24) is 15.2 Å². The van der Waals surface area contributed by atoms with Crippen molar-refractivity contribution in [2.45, 2.75) is 13.5 Å². The molecule has 0 bridgehead atoms. The second kappa shape index (κ2) is 6.32. The monoisotopic (exact) mass is 334 g/mol. The van der Waals surface area contributed by atoms with Crippen molar-refractivity contribution in [3.8, 4) is 5.75 Å². The van der Waals surface area contributed by atoms with Crippen molar-refractivity contribution < 1.29 is 4.74 Å². The Labute approximate surface area is 143 Å². The van der Waals surface area contributed by atoms with Gasteiger partial charge in [-0.1, -0.05) is 0 Å². The third-order valence-electron chi connectivity index (χ3n) is 4.13. The molecule has 6 nitrogen and oxygen atoms in total. The second-order valence-electron chi connectivity index (χ2n) is 5.83. The number of fused-ring (bicyclic) bond motifs is 2. The quantitative estimate of drug-likeness (QED) is 0.522. The van der Waals surface area contributed by atoms with Gasteiger partial charge in [-0.15, -0.1) is 0 Å². The molecule has 0 saturated carbocycles. The van der Waals surface area contributed by atoms with Crippen molar-refractivity contribution in [2.24, 2.45) is 0 Å². The van der Waals surface area contributed by atoms with Gasteiger partial charge in [0.05, 0.1) is 18.3 Å². The van der Waals surface area contributed by atoms with Gasteiger partial charge in [-0.2, -0.15) is 5.10 Å². The molecule has 0 aliphatic carbocycles. The van der Waals surface area contributed by atoms with E-state index in [1.54, 1.807) is 6.20 Å². The van der Waals surface area contributed by atoms with E-state index in [-0.39, 0.29) is 5.56 Å². The topological polar surface area (TPSA) is 82.8 Å². The molecule has 0 atom stereocenters. The zero-order valence-electron chi connectivity index (χ0n) is 13.8. The molecule has 0 fully saturated rings. The smallest absolute Gasteiger partial charge is 0.253 e. The van der Waals surface area contributed by atoms with Crippen molar-refractivity contribution in [3.05, 3.63) is 64.6 Å². The van der Waals surface area contributed by atoms with Crippen LogP contribution >= 0.6 is 0 Å². The van der Waals surface area contributed by atoms with Crippen LogP contribution in [-0.4, -0.2) is 21.8 Å². The molecule has 0 saturated heterocycles.